The lowest BCUT2D eigenvalue weighted by atomic mass is 10.1. The number of halogens is 2. The molecule has 0 aliphatic carbocycles. The second-order valence-electron chi connectivity index (χ2n) is 6.34. The van der Waals surface area contributed by atoms with Gasteiger partial charge < -0.3 is 10.2 Å². The van der Waals surface area contributed by atoms with Gasteiger partial charge in [-0.15, -0.1) is 0 Å². The molecule has 3 aromatic rings. The maximum atomic E-state index is 13.2. The lowest BCUT2D eigenvalue weighted by Crippen LogP contribution is -2.29. The van der Waals surface area contributed by atoms with Crippen LogP contribution < -0.4 is 10.2 Å². The van der Waals surface area contributed by atoms with Gasteiger partial charge in [0.1, 0.15) is 21.9 Å². The second kappa shape index (κ2) is 8.59. The summed E-state index contributed by atoms with van der Waals surface area (Å²) in [5.74, 6) is -0.578. The van der Waals surface area contributed by atoms with Crippen LogP contribution in [0.1, 0.15) is 19.3 Å². The summed E-state index contributed by atoms with van der Waals surface area (Å²) in [4.78, 5) is 27.8. The molecule has 1 saturated heterocycles. The highest BCUT2D eigenvalue weighted by Gasteiger charge is 2.18. The predicted octanol–water partition coefficient (Wildman–Crippen LogP) is 4.60. The van der Waals surface area contributed by atoms with Gasteiger partial charge in [0.05, 0.1) is 10.8 Å². The Labute approximate surface area is 174 Å². The Morgan fingerprint density at radius 3 is 2.89 bits per heavy atom. The normalized spacial score (nSPS) is 14.4. The Hall–Kier alpha value is -1.97. The molecule has 0 saturated carbocycles. The van der Waals surface area contributed by atoms with Crippen molar-refractivity contribution in [2.45, 2.75) is 24.3 Å². The zero-order valence-electron chi connectivity index (χ0n) is 14.8. The third kappa shape index (κ3) is 4.37. The number of nitrogens with zero attached hydrogens (tertiary/aromatic N) is 4. The molecule has 0 spiro atoms. The molecule has 0 unspecified atom stereocenters. The number of carbonyl (C=O) groups excluding carboxylic acids is 1. The van der Waals surface area contributed by atoms with Crippen molar-refractivity contribution in [3.05, 3.63) is 35.4 Å². The van der Waals surface area contributed by atoms with Gasteiger partial charge in [0.15, 0.2) is 10.8 Å². The van der Waals surface area contributed by atoms with Crippen LogP contribution in [-0.4, -0.2) is 39.7 Å². The van der Waals surface area contributed by atoms with Crippen LogP contribution in [0.15, 0.2) is 29.6 Å². The van der Waals surface area contributed by atoms with E-state index in [2.05, 4.69) is 25.2 Å². The molecule has 1 aliphatic rings. The van der Waals surface area contributed by atoms with Crippen molar-refractivity contribution in [1.29, 1.82) is 0 Å². The minimum atomic E-state index is -0.521. The fourth-order valence-corrected chi connectivity index (χ4v) is 5.07. The topological polar surface area (TPSA) is 71.0 Å². The summed E-state index contributed by atoms with van der Waals surface area (Å²) in [5.41, 5.74) is 1.11. The summed E-state index contributed by atoms with van der Waals surface area (Å²) in [7, 11) is 0. The number of anilines is 2. The molecule has 10 heteroatoms. The van der Waals surface area contributed by atoms with Crippen LogP contribution in [0.2, 0.25) is 5.02 Å². The van der Waals surface area contributed by atoms with Gasteiger partial charge in [-0.1, -0.05) is 34.7 Å². The van der Waals surface area contributed by atoms with E-state index in [1.807, 2.05) is 0 Å². The van der Waals surface area contributed by atoms with E-state index in [9.17, 15) is 9.18 Å². The molecule has 1 N–H and O–H groups in total. The van der Waals surface area contributed by atoms with E-state index < -0.39 is 5.82 Å². The first-order valence-electron chi connectivity index (χ1n) is 8.84. The van der Waals surface area contributed by atoms with E-state index in [4.69, 9.17) is 11.6 Å². The third-order valence-electron chi connectivity index (χ3n) is 4.32. The number of carbonyl (C=O) groups is 1. The van der Waals surface area contributed by atoms with Crippen molar-refractivity contribution >= 4 is 61.8 Å². The van der Waals surface area contributed by atoms with E-state index in [0.717, 1.165) is 27.9 Å². The van der Waals surface area contributed by atoms with Crippen LogP contribution in [0.3, 0.4) is 0 Å². The average molecular weight is 438 g/mol. The standard InChI is InChI=1S/C18H17ClFN5OS2/c19-12-8-11(4-5-13(12)20)23-14(26)9-27-17-15-16(21-10-22-17)24-18(28-15)25-6-2-1-3-7-25/h4-5,8,10H,1-3,6-7,9H2,(H,23,26). The lowest BCUT2D eigenvalue weighted by molar-refractivity contribution is -0.113. The molecule has 1 fully saturated rings. The molecule has 0 atom stereocenters. The van der Waals surface area contributed by atoms with Crippen molar-refractivity contribution < 1.29 is 9.18 Å². The maximum Gasteiger partial charge on any atom is 0.234 e. The van der Waals surface area contributed by atoms with Crippen LogP contribution in [-0.2, 0) is 4.79 Å². The minimum Gasteiger partial charge on any atom is -0.348 e. The summed E-state index contributed by atoms with van der Waals surface area (Å²) in [6.07, 6.45) is 5.09. The van der Waals surface area contributed by atoms with Gasteiger partial charge in [-0.05, 0) is 37.5 Å². The molecule has 4 rings (SSSR count). The van der Waals surface area contributed by atoms with Crippen LogP contribution in [0, 0.1) is 5.82 Å². The van der Waals surface area contributed by atoms with E-state index in [1.54, 1.807) is 11.3 Å². The Morgan fingerprint density at radius 1 is 1.29 bits per heavy atom. The van der Waals surface area contributed by atoms with Crippen LogP contribution in [0.5, 0.6) is 0 Å². The van der Waals surface area contributed by atoms with E-state index >= 15 is 0 Å². The molecule has 2 aromatic heterocycles. The molecule has 28 heavy (non-hydrogen) atoms. The highest BCUT2D eigenvalue weighted by Crippen LogP contribution is 2.34. The van der Waals surface area contributed by atoms with E-state index in [0.29, 0.717) is 11.3 Å². The van der Waals surface area contributed by atoms with Crippen LogP contribution in [0.4, 0.5) is 15.2 Å². The van der Waals surface area contributed by atoms with Crippen molar-refractivity contribution in [3.63, 3.8) is 0 Å². The quantitative estimate of drug-likeness (QED) is 0.464. The van der Waals surface area contributed by atoms with Gasteiger partial charge in [-0.2, -0.15) is 4.98 Å². The monoisotopic (exact) mass is 437 g/mol. The number of thioether (sulfide) groups is 1. The molecule has 6 nitrogen and oxygen atoms in total. The number of rotatable bonds is 5. The van der Waals surface area contributed by atoms with Gasteiger partial charge in [-0.25, -0.2) is 14.4 Å². The number of hydrogen-bond donors (Lipinski definition) is 1. The zero-order chi connectivity index (χ0) is 19.5. The first-order chi connectivity index (χ1) is 13.6. The van der Waals surface area contributed by atoms with E-state index in [1.165, 1.54) is 55.6 Å². The lowest BCUT2D eigenvalue weighted by Gasteiger charge is -2.25. The molecule has 3 heterocycles. The molecule has 0 bridgehead atoms. The van der Waals surface area contributed by atoms with Gasteiger partial charge >= 0.3 is 0 Å². The number of benzene rings is 1. The van der Waals surface area contributed by atoms with Crippen LogP contribution >= 0.6 is 34.7 Å². The highest BCUT2D eigenvalue weighted by molar-refractivity contribution is 8.00. The molecule has 1 aromatic carbocycles. The summed E-state index contributed by atoms with van der Waals surface area (Å²) < 4.78 is 14.1. The first kappa shape index (κ1) is 19.4. The predicted molar refractivity (Wildman–Crippen MR) is 112 cm³/mol. The summed E-state index contributed by atoms with van der Waals surface area (Å²) >= 11 is 8.64. The molecule has 1 aliphatic heterocycles. The summed E-state index contributed by atoms with van der Waals surface area (Å²) in [5, 5.41) is 4.38. The van der Waals surface area contributed by atoms with Gasteiger partial charge in [0, 0.05) is 18.8 Å². The Balaban J connectivity index is 1.44. The summed E-state index contributed by atoms with van der Waals surface area (Å²) in [6.45, 7) is 2.02. The third-order valence-corrected chi connectivity index (χ3v) is 6.84. The summed E-state index contributed by atoms with van der Waals surface area (Å²) in [6, 6.07) is 4.08. The molecule has 1 amide bonds. The number of fused-ring (bicyclic) bond motifs is 1. The zero-order valence-corrected chi connectivity index (χ0v) is 17.2. The minimum absolute atomic E-state index is 0.0298. The fraction of sp³-hybridized carbons (Fsp3) is 0.333. The number of hydrogen-bond acceptors (Lipinski definition) is 7. The van der Waals surface area contributed by atoms with Crippen LogP contribution in [0.25, 0.3) is 10.3 Å². The van der Waals surface area contributed by atoms with Crippen molar-refractivity contribution in [2.75, 3.05) is 29.1 Å². The van der Waals surface area contributed by atoms with E-state index in [-0.39, 0.29) is 16.7 Å². The average Bonchev–Trinajstić information content (AvgIpc) is 3.15. The van der Waals surface area contributed by atoms with Gasteiger partial charge in [0.2, 0.25) is 5.91 Å². The number of thiazole rings is 1. The Morgan fingerprint density at radius 2 is 2.11 bits per heavy atom. The van der Waals surface area contributed by atoms with Crippen molar-refractivity contribution in [3.8, 4) is 0 Å². The second-order valence-corrected chi connectivity index (χ2v) is 8.69. The Bertz CT molecular complexity index is 1010. The SMILES string of the molecule is O=C(CSc1ncnc2nc(N3CCCCC3)sc12)Nc1ccc(F)c(Cl)c1. The number of nitrogens with one attached hydrogen (secondary N) is 1. The van der Waals surface area contributed by atoms with Crippen molar-refractivity contribution in [2.24, 2.45) is 0 Å². The largest absolute Gasteiger partial charge is 0.348 e. The van der Waals surface area contributed by atoms with Gasteiger partial charge in [0.25, 0.3) is 0 Å². The fourth-order valence-electron chi connectivity index (χ4n) is 2.95. The smallest absolute Gasteiger partial charge is 0.234 e. The van der Waals surface area contributed by atoms with Crippen molar-refractivity contribution in [1.82, 2.24) is 15.0 Å². The molecule has 0 radical (unpaired) electrons. The Kier molecular flexibility index (Phi) is 5.93. The number of aromatic nitrogens is 3. The van der Waals surface area contributed by atoms with Gasteiger partial charge in [-0.3, -0.25) is 4.79 Å². The first-order valence-corrected chi connectivity index (χ1v) is 11.0. The number of amides is 1. The highest BCUT2D eigenvalue weighted by atomic mass is 35.5. The maximum absolute atomic E-state index is 13.2. The molecular formula is C18H17ClFN5OS2. The molecule has 146 valence electrons. The number of piperidine rings is 1. The molecular weight excluding hydrogens is 421 g/mol.